The van der Waals surface area contributed by atoms with Crippen LogP contribution >= 0.6 is 0 Å². The van der Waals surface area contributed by atoms with Crippen LogP contribution in [0.5, 0.6) is 0 Å². The standard InChI is InChI=1S/C11H15N3O/c1-3-14(2)10-6-9-7(4-8(10)12)5-11(15)13-9/h4,6H,3,5,12H2,1-2H3,(H,13,15). The first-order valence-corrected chi connectivity index (χ1v) is 5.05. The van der Waals surface area contributed by atoms with Crippen LogP contribution in [0.3, 0.4) is 0 Å². The van der Waals surface area contributed by atoms with E-state index in [1.807, 2.05) is 19.2 Å². The van der Waals surface area contributed by atoms with Crippen molar-refractivity contribution in [2.45, 2.75) is 13.3 Å². The van der Waals surface area contributed by atoms with Crippen LogP contribution in [-0.4, -0.2) is 19.5 Å². The summed E-state index contributed by atoms with van der Waals surface area (Å²) in [5.74, 6) is 0.0423. The van der Waals surface area contributed by atoms with E-state index in [2.05, 4.69) is 17.1 Å². The molecule has 1 aliphatic rings. The molecule has 0 saturated carbocycles. The van der Waals surface area contributed by atoms with Gasteiger partial charge in [0.2, 0.25) is 5.91 Å². The summed E-state index contributed by atoms with van der Waals surface area (Å²) in [6.45, 7) is 2.95. The first-order chi connectivity index (χ1) is 7.11. The highest BCUT2D eigenvalue weighted by Gasteiger charge is 2.19. The van der Waals surface area contributed by atoms with E-state index in [4.69, 9.17) is 5.73 Å². The van der Waals surface area contributed by atoms with Gasteiger partial charge in [-0.15, -0.1) is 0 Å². The van der Waals surface area contributed by atoms with E-state index < -0.39 is 0 Å². The molecule has 0 aromatic heterocycles. The number of fused-ring (bicyclic) bond motifs is 1. The average molecular weight is 205 g/mol. The molecule has 0 aliphatic carbocycles. The molecule has 2 rings (SSSR count). The number of nitrogens with zero attached hydrogens (tertiary/aromatic N) is 1. The summed E-state index contributed by atoms with van der Waals surface area (Å²) in [5.41, 5.74) is 9.52. The van der Waals surface area contributed by atoms with Crippen LogP contribution in [0, 0.1) is 0 Å². The fraction of sp³-hybridized carbons (Fsp3) is 0.364. The van der Waals surface area contributed by atoms with Gasteiger partial charge in [0.15, 0.2) is 0 Å². The molecule has 1 aromatic rings. The summed E-state index contributed by atoms with van der Waals surface area (Å²) in [7, 11) is 1.98. The van der Waals surface area contributed by atoms with Gasteiger partial charge in [-0.25, -0.2) is 0 Å². The number of rotatable bonds is 2. The normalized spacial score (nSPS) is 13.6. The highest BCUT2D eigenvalue weighted by Crippen LogP contribution is 2.32. The minimum Gasteiger partial charge on any atom is -0.397 e. The van der Waals surface area contributed by atoms with Crippen LogP contribution < -0.4 is 16.0 Å². The van der Waals surface area contributed by atoms with Gasteiger partial charge in [-0.1, -0.05) is 0 Å². The number of hydrogen-bond acceptors (Lipinski definition) is 3. The average Bonchev–Trinajstić information content (AvgIpc) is 2.55. The number of carbonyl (C=O) groups is 1. The van der Waals surface area contributed by atoms with E-state index in [1.165, 1.54) is 0 Å². The second-order valence-electron chi connectivity index (χ2n) is 3.81. The number of hydrogen-bond donors (Lipinski definition) is 2. The van der Waals surface area contributed by atoms with Crippen molar-refractivity contribution in [3.8, 4) is 0 Å². The number of nitrogen functional groups attached to an aromatic ring is 1. The van der Waals surface area contributed by atoms with Gasteiger partial charge in [-0.3, -0.25) is 4.79 Å². The highest BCUT2D eigenvalue weighted by molar-refractivity contribution is 6.00. The fourth-order valence-electron chi connectivity index (χ4n) is 1.78. The Hall–Kier alpha value is -1.71. The number of nitrogens with two attached hydrogens (primary N) is 1. The maximum Gasteiger partial charge on any atom is 0.228 e. The Morgan fingerprint density at radius 1 is 1.53 bits per heavy atom. The molecule has 1 amide bonds. The molecule has 0 bridgehead atoms. The van der Waals surface area contributed by atoms with Crippen LogP contribution in [0.15, 0.2) is 12.1 Å². The summed E-state index contributed by atoms with van der Waals surface area (Å²) < 4.78 is 0. The number of carbonyl (C=O) groups excluding carboxylic acids is 1. The molecule has 0 atom stereocenters. The summed E-state index contributed by atoms with van der Waals surface area (Å²) in [6, 6.07) is 3.83. The SMILES string of the molecule is CCN(C)c1cc2c(cc1N)CC(=O)N2. The topological polar surface area (TPSA) is 58.4 Å². The molecule has 1 aliphatic heterocycles. The zero-order valence-corrected chi connectivity index (χ0v) is 9.00. The predicted molar refractivity (Wildman–Crippen MR) is 62.1 cm³/mol. The smallest absolute Gasteiger partial charge is 0.228 e. The molecule has 0 saturated heterocycles. The van der Waals surface area contributed by atoms with Gasteiger partial charge < -0.3 is 16.0 Å². The zero-order valence-electron chi connectivity index (χ0n) is 9.00. The van der Waals surface area contributed by atoms with Gasteiger partial charge in [0.1, 0.15) is 0 Å². The van der Waals surface area contributed by atoms with Crippen molar-refractivity contribution in [1.29, 1.82) is 0 Å². The maximum atomic E-state index is 11.2. The van der Waals surface area contributed by atoms with Crippen LogP contribution in [0.25, 0.3) is 0 Å². The van der Waals surface area contributed by atoms with Crippen molar-refractivity contribution < 1.29 is 4.79 Å². The van der Waals surface area contributed by atoms with E-state index in [0.29, 0.717) is 6.42 Å². The third-order valence-electron chi connectivity index (χ3n) is 2.76. The quantitative estimate of drug-likeness (QED) is 0.714. The molecule has 1 aromatic carbocycles. The lowest BCUT2D eigenvalue weighted by Crippen LogP contribution is -2.17. The van der Waals surface area contributed by atoms with E-state index in [0.717, 1.165) is 29.2 Å². The summed E-state index contributed by atoms with van der Waals surface area (Å²) in [4.78, 5) is 13.3. The molecule has 0 unspecified atom stereocenters. The first-order valence-electron chi connectivity index (χ1n) is 5.05. The Labute approximate surface area is 89.1 Å². The monoisotopic (exact) mass is 205 g/mol. The molecule has 3 N–H and O–H groups in total. The molecule has 0 radical (unpaired) electrons. The molecular formula is C11H15N3O. The third-order valence-corrected chi connectivity index (χ3v) is 2.76. The molecule has 4 nitrogen and oxygen atoms in total. The number of benzene rings is 1. The van der Waals surface area contributed by atoms with E-state index >= 15 is 0 Å². The Bertz CT molecular complexity index is 415. The largest absolute Gasteiger partial charge is 0.397 e. The lowest BCUT2D eigenvalue weighted by Gasteiger charge is -2.19. The molecule has 1 heterocycles. The van der Waals surface area contributed by atoms with Gasteiger partial charge in [0, 0.05) is 19.3 Å². The molecule has 0 fully saturated rings. The van der Waals surface area contributed by atoms with Gasteiger partial charge >= 0.3 is 0 Å². The van der Waals surface area contributed by atoms with Gasteiger partial charge in [-0.2, -0.15) is 0 Å². The van der Waals surface area contributed by atoms with Crippen molar-refractivity contribution in [3.63, 3.8) is 0 Å². The van der Waals surface area contributed by atoms with Crippen molar-refractivity contribution in [3.05, 3.63) is 17.7 Å². The Morgan fingerprint density at radius 2 is 2.27 bits per heavy atom. The van der Waals surface area contributed by atoms with E-state index in [-0.39, 0.29) is 5.91 Å². The second-order valence-corrected chi connectivity index (χ2v) is 3.81. The molecular weight excluding hydrogens is 190 g/mol. The highest BCUT2D eigenvalue weighted by atomic mass is 16.1. The first kappa shape index (κ1) is 9.83. The second kappa shape index (κ2) is 3.46. The molecule has 0 spiro atoms. The molecule has 80 valence electrons. The van der Waals surface area contributed by atoms with Crippen LogP contribution in [0.1, 0.15) is 12.5 Å². The summed E-state index contributed by atoms with van der Waals surface area (Å²) >= 11 is 0. The lowest BCUT2D eigenvalue weighted by molar-refractivity contribution is -0.115. The number of anilines is 3. The number of nitrogens with one attached hydrogen (secondary N) is 1. The summed E-state index contributed by atoms with van der Waals surface area (Å²) in [6.07, 6.45) is 0.440. The van der Waals surface area contributed by atoms with Gasteiger partial charge in [-0.05, 0) is 24.6 Å². The summed E-state index contributed by atoms with van der Waals surface area (Å²) in [5, 5.41) is 2.82. The lowest BCUT2D eigenvalue weighted by atomic mass is 10.1. The third kappa shape index (κ3) is 1.63. The van der Waals surface area contributed by atoms with Gasteiger partial charge in [0.25, 0.3) is 0 Å². The predicted octanol–water partition coefficient (Wildman–Crippen LogP) is 1.22. The van der Waals surface area contributed by atoms with Crippen LogP contribution in [0.2, 0.25) is 0 Å². The van der Waals surface area contributed by atoms with Crippen LogP contribution in [-0.2, 0) is 11.2 Å². The Kier molecular flexibility index (Phi) is 2.26. The minimum absolute atomic E-state index is 0.0423. The Balaban J connectivity index is 2.44. The van der Waals surface area contributed by atoms with Crippen LogP contribution in [0.4, 0.5) is 17.1 Å². The fourth-order valence-corrected chi connectivity index (χ4v) is 1.78. The van der Waals surface area contributed by atoms with Crippen molar-refractivity contribution in [2.24, 2.45) is 0 Å². The molecule has 15 heavy (non-hydrogen) atoms. The van der Waals surface area contributed by atoms with E-state index in [9.17, 15) is 4.79 Å². The van der Waals surface area contributed by atoms with E-state index in [1.54, 1.807) is 0 Å². The zero-order chi connectivity index (χ0) is 11.0. The van der Waals surface area contributed by atoms with Crippen molar-refractivity contribution >= 4 is 23.0 Å². The Morgan fingerprint density at radius 3 is 2.93 bits per heavy atom. The van der Waals surface area contributed by atoms with Crippen molar-refractivity contribution in [1.82, 2.24) is 0 Å². The van der Waals surface area contributed by atoms with Crippen molar-refractivity contribution in [2.75, 3.05) is 29.5 Å². The minimum atomic E-state index is 0.0423. The number of amides is 1. The van der Waals surface area contributed by atoms with Gasteiger partial charge in [0.05, 0.1) is 17.8 Å². The maximum absolute atomic E-state index is 11.2. The molecule has 4 heteroatoms.